The van der Waals surface area contributed by atoms with Gasteiger partial charge in [0.2, 0.25) is 0 Å². The maximum Gasteiger partial charge on any atom is 0.168 e. The molecular formula is C27H35N3O5. The fraction of sp³-hybridized carbons (Fsp3) is 0.556. The first-order chi connectivity index (χ1) is 17.2. The summed E-state index contributed by atoms with van der Waals surface area (Å²) >= 11 is 0. The highest BCUT2D eigenvalue weighted by Crippen LogP contribution is 2.42. The third kappa shape index (κ3) is 4.82. The Kier molecular flexibility index (Phi) is 7.39. The molecule has 1 aliphatic carbocycles. The minimum atomic E-state index is 0.230. The van der Waals surface area contributed by atoms with E-state index in [0.29, 0.717) is 31.4 Å². The summed E-state index contributed by atoms with van der Waals surface area (Å²) in [5, 5.41) is 3.34. The molecule has 188 valence electrons. The van der Waals surface area contributed by atoms with E-state index in [-0.39, 0.29) is 5.92 Å². The first-order valence-corrected chi connectivity index (χ1v) is 12.7. The van der Waals surface area contributed by atoms with Gasteiger partial charge in [-0.3, -0.25) is 9.36 Å². The van der Waals surface area contributed by atoms with Gasteiger partial charge in [-0.2, -0.15) is 0 Å². The molecule has 35 heavy (non-hydrogen) atoms. The zero-order valence-corrected chi connectivity index (χ0v) is 20.7. The Labute approximate surface area is 206 Å². The fourth-order valence-corrected chi connectivity index (χ4v) is 5.17. The molecule has 0 spiro atoms. The van der Waals surface area contributed by atoms with Gasteiger partial charge in [0, 0.05) is 44.8 Å². The van der Waals surface area contributed by atoms with E-state index in [1.807, 2.05) is 17.7 Å². The fourth-order valence-electron chi connectivity index (χ4n) is 5.17. The van der Waals surface area contributed by atoms with Crippen LogP contribution in [0, 0.1) is 5.92 Å². The molecule has 0 bridgehead atoms. The number of nitrogens with one attached hydrogen (secondary N) is 1. The second-order valence-corrected chi connectivity index (χ2v) is 9.53. The van der Waals surface area contributed by atoms with Gasteiger partial charge >= 0.3 is 0 Å². The highest BCUT2D eigenvalue weighted by atomic mass is 16.5. The van der Waals surface area contributed by atoms with Crippen LogP contribution in [-0.2, 0) is 14.2 Å². The number of anilines is 1. The molecule has 1 saturated carbocycles. The number of allylic oxidation sites excluding steroid dienone is 1. The molecule has 8 nitrogen and oxygen atoms in total. The van der Waals surface area contributed by atoms with Crippen LogP contribution in [0.1, 0.15) is 66.3 Å². The van der Waals surface area contributed by atoms with Crippen molar-refractivity contribution in [2.24, 2.45) is 5.92 Å². The van der Waals surface area contributed by atoms with E-state index >= 15 is 0 Å². The highest BCUT2D eigenvalue weighted by Gasteiger charge is 2.27. The lowest BCUT2D eigenvalue weighted by Gasteiger charge is -2.26. The van der Waals surface area contributed by atoms with Crippen molar-refractivity contribution in [3.05, 3.63) is 41.0 Å². The normalized spacial score (nSPS) is 20.4. The molecule has 8 heteroatoms. The zero-order chi connectivity index (χ0) is 24.2. The SMILES string of the molecule is CNc1cc(C(OC)=C2CCC2)c(OCC2CCOC2)cc1-n1c(C=O)cnc1C1CCOCC1. The second-order valence-electron chi connectivity index (χ2n) is 9.53. The number of aromatic nitrogens is 2. The monoisotopic (exact) mass is 481 g/mol. The molecule has 1 unspecified atom stereocenters. The second kappa shape index (κ2) is 10.8. The Morgan fingerprint density at radius 1 is 1.20 bits per heavy atom. The molecule has 5 rings (SSSR count). The lowest BCUT2D eigenvalue weighted by molar-refractivity contribution is 0.0832. The maximum atomic E-state index is 12.1. The number of nitrogens with zero attached hydrogens (tertiary/aromatic N) is 2. The third-order valence-electron chi connectivity index (χ3n) is 7.36. The minimum Gasteiger partial charge on any atom is -0.496 e. The zero-order valence-electron chi connectivity index (χ0n) is 20.7. The summed E-state index contributed by atoms with van der Waals surface area (Å²) in [6.45, 7) is 3.49. The average Bonchev–Trinajstić information content (AvgIpc) is 3.55. The maximum absolute atomic E-state index is 12.1. The van der Waals surface area contributed by atoms with Crippen LogP contribution in [0.5, 0.6) is 5.75 Å². The van der Waals surface area contributed by atoms with Gasteiger partial charge in [0.05, 0.1) is 43.5 Å². The van der Waals surface area contributed by atoms with E-state index in [1.165, 1.54) is 12.0 Å². The van der Waals surface area contributed by atoms with Crippen molar-refractivity contribution in [2.45, 2.75) is 44.4 Å². The quantitative estimate of drug-likeness (QED) is 0.415. The number of carbonyl (C=O) groups excluding carboxylic acids is 1. The van der Waals surface area contributed by atoms with Crippen molar-refractivity contribution in [1.82, 2.24) is 9.55 Å². The van der Waals surface area contributed by atoms with Gasteiger partial charge in [0.15, 0.2) is 6.29 Å². The molecule has 3 heterocycles. The lowest BCUT2D eigenvalue weighted by Crippen LogP contribution is -2.19. The van der Waals surface area contributed by atoms with Crippen LogP contribution >= 0.6 is 0 Å². The van der Waals surface area contributed by atoms with Crippen molar-refractivity contribution >= 4 is 17.7 Å². The van der Waals surface area contributed by atoms with Crippen molar-refractivity contribution in [3.8, 4) is 11.4 Å². The summed E-state index contributed by atoms with van der Waals surface area (Å²) in [4.78, 5) is 16.7. The molecule has 2 aliphatic heterocycles. The number of methoxy groups -OCH3 is 1. The van der Waals surface area contributed by atoms with E-state index in [2.05, 4.69) is 16.4 Å². The predicted molar refractivity (Wildman–Crippen MR) is 133 cm³/mol. The number of benzene rings is 1. The van der Waals surface area contributed by atoms with Crippen molar-refractivity contribution < 1.29 is 23.7 Å². The smallest absolute Gasteiger partial charge is 0.168 e. The van der Waals surface area contributed by atoms with Crippen molar-refractivity contribution in [2.75, 3.05) is 52.5 Å². The first-order valence-electron chi connectivity index (χ1n) is 12.7. The molecule has 2 aromatic rings. The number of carbonyl (C=O) groups is 1. The summed E-state index contributed by atoms with van der Waals surface area (Å²) in [6, 6.07) is 4.12. The molecule has 1 aromatic carbocycles. The number of hydrogen-bond acceptors (Lipinski definition) is 7. The van der Waals surface area contributed by atoms with E-state index < -0.39 is 0 Å². The number of rotatable bonds is 9. The number of aldehydes is 1. The summed E-state index contributed by atoms with van der Waals surface area (Å²) in [5.41, 5.74) is 4.52. The van der Waals surface area contributed by atoms with E-state index in [9.17, 15) is 4.79 Å². The van der Waals surface area contributed by atoms with Crippen LogP contribution in [0.15, 0.2) is 23.9 Å². The van der Waals surface area contributed by atoms with Crippen molar-refractivity contribution in [3.63, 3.8) is 0 Å². The first kappa shape index (κ1) is 23.9. The molecule has 1 N–H and O–H groups in total. The standard InChI is InChI=1S/C27H35N3O5/c1-28-23-12-22(26(32-2)19-4-3-5-19)25(35-17-18-6-9-34-16-18)13-24(23)30-21(15-31)14-29-27(30)20-7-10-33-11-8-20/h12-15,18,20,28H,3-11,16-17H2,1-2H3. The molecule has 3 aliphatic rings. The van der Waals surface area contributed by atoms with Crippen LogP contribution in [0.4, 0.5) is 5.69 Å². The summed E-state index contributed by atoms with van der Waals surface area (Å²) in [5.74, 6) is 3.13. The summed E-state index contributed by atoms with van der Waals surface area (Å²) in [7, 11) is 3.62. The Hall–Kier alpha value is -2.84. The molecular weight excluding hydrogens is 446 g/mol. The Morgan fingerprint density at radius 2 is 2.00 bits per heavy atom. The molecule has 0 radical (unpaired) electrons. The van der Waals surface area contributed by atoms with Crippen LogP contribution in [0.25, 0.3) is 11.4 Å². The van der Waals surface area contributed by atoms with Crippen LogP contribution in [0.2, 0.25) is 0 Å². The Balaban J connectivity index is 1.62. The number of ether oxygens (including phenoxy) is 4. The molecule has 3 fully saturated rings. The molecule has 1 aromatic heterocycles. The lowest BCUT2D eigenvalue weighted by atomic mass is 9.89. The van der Waals surface area contributed by atoms with Gasteiger partial charge < -0.3 is 24.3 Å². The van der Waals surface area contributed by atoms with Gasteiger partial charge in [-0.05, 0) is 50.2 Å². The van der Waals surface area contributed by atoms with Crippen LogP contribution in [-0.4, -0.2) is 63.0 Å². The van der Waals surface area contributed by atoms with Gasteiger partial charge in [0.25, 0.3) is 0 Å². The number of hydrogen-bond donors (Lipinski definition) is 1. The molecule has 0 amide bonds. The number of imidazole rings is 1. The average molecular weight is 482 g/mol. The molecule has 2 saturated heterocycles. The van der Waals surface area contributed by atoms with Gasteiger partial charge in [-0.25, -0.2) is 4.98 Å². The van der Waals surface area contributed by atoms with Gasteiger partial charge in [0.1, 0.15) is 23.0 Å². The highest BCUT2D eigenvalue weighted by molar-refractivity contribution is 5.80. The van der Waals surface area contributed by atoms with Gasteiger partial charge in [-0.1, -0.05) is 0 Å². The Bertz CT molecular complexity index is 1070. The largest absolute Gasteiger partial charge is 0.496 e. The van der Waals surface area contributed by atoms with Crippen LogP contribution in [0.3, 0.4) is 0 Å². The predicted octanol–water partition coefficient (Wildman–Crippen LogP) is 4.58. The Morgan fingerprint density at radius 3 is 2.63 bits per heavy atom. The summed E-state index contributed by atoms with van der Waals surface area (Å²) < 4.78 is 25.5. The third-order valence-corrected chi connectivity index (χ3v) is 7.36. The van der Waals surface area contributed by atoms with Crippen molar-refractivity contribution in [1.29, 1.82) is 0 Å². The molecule has 1 atom stereocenters. The minimum absolute atomic E-state index is 0.230. The topological polar surface area (TPSA) is 83.8 Å². The summed E-state index contributed by atoms with van der Waals surface area (Å²) in [6.07, 6.45) is 8.57. The van der Waals surface area contributed by atoms with E-state index in [4.69, 9.17) is 18.9 Å². The van der Waals surface area contributed by atoms with E-state index in [0.717, 1.165) is 85.9 Å². The van der Waals surface area contributed by atoms with E-state index in [1.54, 1.807) is 13.3 Å². The van der Waals surface area contributed by atoms with Crippen LogP contribution < -0.4 is 10.1 Å². The van der Waals surface area contributed by atoms with Gasteiger partial charge in [-0.15, -0.1) is 0 Å².